The first-order valence-corrected chi connectivity index (χ1v) is 7.60. The summed E-state index contributed by atoms with van der Waals surface area (Å²) in [4.78, 5) is 5.01. The molecule has 1 saturated heterocycles. The summed E-state index contributed by atoms with van der Waals surface area (Å²) in [6, 6.07) is 9.11. The average molecular weight is 261 g/mol. The maximum absolute atomic E-state index is 5.53. The Labute approximate surface area is 117 Å². The lowest BCUT2D eigenvalue weighted by Crippen LogP contribution is -2.46. The average Bonchev–Trinajstić information content (AvgIpc) is 2.48. The fourth-order valence-corrected chi connectivity index (χ4v) is 2.67. The molecule has 19 heavy (non-hydrogen) atoms. The molecule has 0 aromatic heterocycles. The van der Waals surface area contributed by atoms with Crippen LogP contribution in [0.15, 0.2) is 24.3 Å². The Morgan fingerprint density at radius 3 is 2.26 bits per heavy atom. The summed E-state index contributed by atoms with van der Waals surface area (Å²) in [5.41, 5.74) is 8.33. The monoisotopic (exact) mass is 261 g/mol. The topological polar surface area (TPSA) is 32.5 Å². The van der Waals surface area contributed by atoms with Gasteiger partial charge < -0.3 is 15.5 Å². The highest BCUT2D eigenvalue weighted by atomic mass is 15.3. The highest BCUT2D eigenvalue weighted by Gasteiger charge is 2.15. The highest BCUT2D eigenvalue weighted by Crippen LogP contribution is 2.18. The first kappa shape index (κ1) is 14.4. The van der Waals surface area contributed by atoms with Crippen molar-refractivity contribution in [1.29, 1.82) is 0 Å². The van der Waals surface area contributed by atoms with E-state index < -0.39 is 0 Å². The maximum Gasteiger partial charge on any atom is 0.0367 e. The Bertz CT molecular complexity index is 353. The van der Waals surface area contributed by atoms with Crippen molar-refractivity contribution in [3.8, 4) is 0 Å². The van der Waals surface area contributed by atoms with E-state index in [1.165, 1.54) is 37.3 Å². The van der Waals surface area contributed by atoms with E-state index >= 15 is 0 Å². The van der Waals surface area contributed by atoms with Crippen LogP contribution >= 0.6 is 0 Å². The van der Waals surface area contributed by atoms with Gasteiger partial charge in [0.1, 0.15) is 0 Å². The molecule has 3 nitrogen and oxygen atoms in total. The Morgan fingerprint density at radius 2 is 1.68 bits per heavy atom. The quantitative estimate of drug-likeness (QED) is 0.796. The van der Waals surface area contributed by atoms with Gasteiger partial charge in [0.15, 0.2) is 0 Å². The Kier molecular flexibility index (Phi) is 5.67. The third kappa shape index (κ3) is 4.22. The number of rotatable bonds is 6. The number of aryl methyl sites for hydroxylation is 1. The Hall–Kier alpha value is -1.06. The molecule has 1 aromatic carbocycles. The number of likely N-dealkylation sites (N-methyl/N-ethyl adjacent to an activating group) is 1. The first-order chi connectivity index (χ1) is 9.33. The molecule has 0 bridgehead atoms. The van der Waals surface area contributed by atoms with Crippen LogP contribution in [0.3, 0.4) is 0 Å². The lowest BCUT2D eigenvalue weighted by molar-refractivity contribution is 0.271. The molecule has 1 aromatic rings. The molecular weight excluding hydrogens is 234 g/mol. The zero-order valence-electron chi connectivity index (χ0n) is 12.1. The number of benzene rings is 1. The Balaban J connectivity index is 1.84. The van der Waals surface area contributed by atoms with Gasteiger partial charge in [0.2, 0.25) is 0 Å². The SMILES string of the molecule is CCN1CCN(c2ccc(CCCCN)cc2)CC1. The molecule has 3 heteroatoms. The van der Waals surface area contributed by atoms with Gasteiger partial charge in [0.25, 0.3) is 0 Å². The molecule has 1 aliphatic heterocycles. The first-order valence-electron chi connectivity index (χ1n) is 7.60. The molecule has 2 N–H and O–H groups in total. The molecule has 0 aliphatic carbocycles. The number of piperazine rings is 1. The van der Waals surface area contributed by atoms with E-state index in [2.05, 4.69) is 41.0 Å². The van der Waals surface area contributed by atoms with E-state index in [4.69, 9.17) is 5.73 Å². The molecule has 1 fully saturated rings. The van der Waals surface area contributed by atoms with Crippen LogP contribution in [0.4, 0.5) is 5.69 Å². The maximum atomic E-state index is 5.53. The van der Waals surface area contributed by atoms with Crippen molar-refractivity contribution in [3.63, 3.8) is 0 Å². The number of nitrogens with zero attached hydrogens (tertiary/aromatic N) is 2. The molecule has 0 atom stereocenters. The van der Waals surface area contributed by atoms with Crippen LogP contribution in [0.2, 0.25) is 0 Å². The fraction of sp³-hybridized carbons (Fsp3) is 0.625. The number of anilines is 1. The molecule has 0 saturated carbocycles. The van der Waals surface area contributed by atoms with Gasteiger partial charge in [0, 0.05) is 31.9 Å². The zero-order valence-corrected chi connectivity index (χ0v) is 12.1. The second-order valence-corrected chi connectivity index (χ2v) is 5.33. The van der Waals surface area contributed by atoms with E-state index in [0.717, 1.165) is 32.5 Å². The number of hydrogen-bond acceptors (Lipinski definition) is 3. The van der Waals surface area contributed by atoms with Crippen molar-refractivity contribution in [2.75, 3.05) is 44.2 Å². The lowest BCUT2D eigenvalue weighted by atomic mass is 10.1. The molecule has 106 valence electrons. The summed E-state index contributed by atoms with van der Waals surface area (Å²) in [7, 11) is 0. The minimum atomic E-state index is 0.805. The van der Waals surface area contributed by atoms with Gasteiger partial charge in [-0.3, -0.25) is 0 Å². The minimum absolute atomic E-state index is 0.805. The van der Waals surface area contributed by atoms with Gasteiger partial charge in [-0.2, -0.15) is 0 Å². The van der Waals surface area contributed by atoms with Crippen LogP contribution in [-0.4, -0.2) is 44.2 Å². The summed E-state index contributed by atoms with van der Waals surface area (Å²) in [6.45, 7) is 8.91. The summed E-state index contributed by atoms with van der Waals surface area (Å²) in [6.07, 6.45) is 3.48. The van der Waals surface area contributed by atoms with Crippen LogP contribution in [-0.2, 0) is 6.42 Å². The van der Waals surface area contributed by atoms with Gasteiger partial charge in [0.05, 0.1) is 0 Å². The lowest BCUT2D eigenvalue weighted by Gasteiger charge is -2.35. The van der Waals surface area contributed by atoms with Crippen molar-refractivity contribution >= 4 is 5.69 Å². The van der Waals surface area contributed by atoms with Gasteiger partial charge >= 0.3 is 0 Å². The number of nitrogens with two attached hydrogens (primary N) is 1. The predicted molar refractivity (Wildman–Crippen MR) is 82.8 cm³/mol. The molecule has 0 spiro atoms. The molecule has 1 aliphatic rings. The van der Waals surface area contributed by atoms with E-state index in [0.29, 0.717) is 0 Å². The largest absolute Gasteiger partial charge is 0.369 e. The summed E-state index contributed by atoms with van der Waals surface area (Å²) in [5.74, 6) is 0. The molecule has 2 rings (SSSR count). The van der Waals surface area contributed by atoms with Crippen molar-refractivity contribution in [2.45, 2.75) is 26.2 Å². The molecule has 0 unspecified atom stereocenters. The normalized spacial score (nSPS) is 16.8. The van der Waals surface area contributed by atoms with Crippen molar-refractivity contribution < 1.29 is 0 Å². The van der Waals surface area contributed by atoms with Gasteiger partial charge in [-0.05, 0) is 50.0 Å². The predicted octanol–water partition coefficient (Wildman–Crippen LogP) is 2.11. The molecule has 1 heterocycles. The van der Waals surface area contributed by atoms with E-state index in [1.54, 1.807) is 0 Å². The smallest absolute Gasteiger partial charge is 0.0367 e. The fourth-order valence-electron chi connectivity index (χ4n) is 2.67. The van der Waals surface area contributed by atoms with Crippen LogP contribution in [0.25, 0.3) is 0 Å². The highest BCUT2D eigenvalue weighted by molar-refractivity contribution is 5.48. The third-order valence-corrected chi connectivity index (χ3v) is 4.04. The summed E-state index contributed by atoms with van der Waals surface area (Å²) >= 11 is 0. The number of hydrogen-bond donors (Lipinski definition) is 1. The third-order valence-electron chi connectivity index (χ3n) is 4.04. The summed E-state index contributed by atoms with van der Waals surface area (Å²) < 4.78 is 0. The molecular formula is C16H27N3. The van der Waals surface area contributed by atoms with E-state index in [1.807, 2.05) is 0 Å². The standard InChI is InChI=1S/C16H27N3/c1-2-18-11-13-19(14-12-18)16-8-6-15(7-9-16)5-3-4-10-17/h6-9H,2-5,10-14,17H2,1H3. The van der Waals surface area contributed by atoms with Crippen LogP contribution in [0.5, 0.6) is 0 Å². The Morgan fingerprint density at radius 1 is 1.00 bits per heavy atom. The molecule has 0 radical (unpaired) electrons. The van der Waals surface area contributed by atoms with Crippen LogP contribution < -0.4 is 10.6 Å². The van der Waals surface area contributed by atoms with Crippen molar-refractivity contribution in [1.82, 2.24) is 4.90 Å². The molecule has 0 amide bonds. The second kappa shape index (κ2) is 7.51. The zero-order chi connectivity index (χ0) is 13.5. The van der Waals surface area contributed by atoms with Gasteiger partial charge in [-0.1, -0.05) is 19.1 Å². The van der Waals surface area contributed by atoms with E-state index in [9.17, 15) is 0 Å². The number of unbranched alkanes of at least 4 members (excludes halogenated alkanes) is 1. The van der Waals surface area contributed by atoms with Crippen LogP contribution in [0, 0.1) is 0 Å². The second-order valence-electron chi connectivity index (χ2n) is 5.33. The summed E-state index contributed by atoms with van der Waals surface area (Å²) in [5, 5.41) is 0. The van der Waals surface area contributed by atoms with Crippen molar-refractivity contribution in [3.05, 3.63) is 29.8 Å². The van der Waals surface area contributed by atoms with Crippen molar-refractivity contribution in [2.24, 2.45) is 5.73 Å². The van der Waals surface area contributed by atoms with Crippen LogP contribution in [0.1, 0.15) is 25.3 Å². The van der Waals surface area contributed by atoms with Gasteiger partial charge in [-0.25, -0.2) is 0 Å². The minimum Gasteiger partial charge on any atom is -0.369 e. The van der Waals surface area contributed by atoms with E-state index in [-0.39, 0.29) is 0 Å². The van der Waals surface area contributed by atoms with Gasteiger partial charge in [-0.15, -0.1) is 0 Å².